The van der Waals surface area contributed by atoms with Crippen molar-refractivity contribution in [2.45, 2.75) is 19.6 Å². The van der Waals surface area contributed by atoms with E-state index in [2.05, 4.69) is 20.3 Å². The summed E-state index contributed by atoms with van der Waals surface area (Å²) in [6.07, 6.45) is 5.34. The maximum atomic E-state index is 12.8. The van der Waals surface area contributed by atoms with Crippen LogP contribution in [-0.4, -0.2) is 37.1 Å². The van der Waals surface area contributed by atoms with Crippen LogP contribution in [0.3, 0.4) is 0 Å². The van der Waals surface area contributed by atoms with Gasteiger partial charge in [-0.1, -0.05) is 0 Å². The number of carbonyl (C=O) groups is 1. The fourth-order valence-corrected chi connectivity index (χ4v) is 4.68. The highest BCUT2D eigenvalue weighted by Gasteiger charge is 2.26. The summed E-state index contributed by atoms with van der Waals surface area (Å²) >= 11 is 0. The molecule has 0 bridgehead atoms. The molecule has 1 aliphatic rings. The quantitative estimate of drug-likeness (QED) is 0.406. The lowest BCUT2D eigenvalue weighted by molar-refractivity contribution is -0.115. The molecule has 0 aliphatic carbocycles. The Morgan fingerprint density at radius 2 is 2.09 bits per heavy atom. The van der Waals surface area contributed by atoms with E-state index in [1.54, 1.807) is 13.3 Å². The summed E-state index contributed by atoms with van der Waals surface area (Å²) in [5.41, 5.74) is 12.8. The van der Waals surface area contributed by atoms with Crippen LogP contribution in [0.4, 0.5) is 11.5 Å². The van der Waals surface area contributed by atoms with Gasteiger partial charge in [0.1, 0.15) is 28.8 Å². The number of nitrogen functional groups attached to an aromatic ring is 1. The number of fused-ring (bicyclic) bond motifs is 4. The number of aryl methyl sites for hydroxylation is 1. The molecule has 4 aromatic heterocycles. The van der Waals surface area contributed by atoms with E-state index in [4.69, 9.17) is 15.2 Å². The van der Waals surface area contributed by atoms with E-state index in [0.29, 0.717) is 30.5 Å². The van der Waals surface area contributed by atoms with Crippen LogP contribution < -0.4 is 15.8 Å². The number of anilines is 2. The minimum atomic E-state index is -0.161. The molecule has 3 N–H and O–H groups in total. The Hall–Kier alpha value is -4.44. The van der Waals surface area contributed by atoms with Crippen molar-refractivity contribution in [1.82, 2.24) is 24.1 Å². The van der Waals surface area contributed by atoms with Crippen molar-refractivity contribution in [2.75, 3.05) is 18.2 Å². The van der Waals surface area contributed by atoms with Crippen LogP contribution in [0.5, 0.6) is 5.75 Å². The molecule has 0 atom stereocenters. The first-order valence-corrected chi connectivity index (χ1v) is 11.1. The molecule has 5 aromatic rings. The Morgan fingerprint density at radius 3 is 2.94 bits per heavy atom. The van der Waals surface area contributed by atoms with Gasteiger partial charge < -0.3 is 29.7 Å². The van der Waals surface area contributed by atoms with E-state index in [0.717, 1.165) is 44.6 Å². The molecule has 0 fully saturated rings. The number of benzene rings is 1. The number of nitrogens with zero attached hydrogens (tertiary/aromatic N) is 5. The van der Waals surface area contributed by atoms with Crippen molar-refractivity contribution in [3.63, 3.8) is 0 Å². The number of nitrogens with two attached hydrogens (primary N) is 1. The van der Waals surface area contributed by atoms with Gasteiger partial charge in [0.25, 0.3) is 0 Å². The van der Waals surface area contributed by atoms with Gasteiger partial charge in [-0.05, 0) is 29.8 Å². The third-order valence-electron chi connectivity index (χ3n) is 6.31. The zero-order chi connectivity index (χ0) is 24.1. The Kier molecular flexibility index (Phi) is 4.89. The number of rotatable bonds is 5. The third kappa shape index (κ3) is 3.46. The molecule has 0 spiro atoms. The number of carbonyl (C=O) groups excluding carboxylic acids is 1. The average molecular weight is 470 g/mol. The van der Waals surface area contributed by atoms with Gasteiger partial charge in [-0.15, -0.1) is 0 Å². The second kappa shape index (κ2) is 8.10. The van der Waals surface area contributed by atoms with Gasteiger partial charge in [0.05, 0.1) is 38.1 Å². The van der Waals surface area contributed by atoms with Gasteiger partial charge in [-0.3, -0.25) is 4.79 Å². The summed E-state index contributed by atoms with van der Waals surface area (Å²) in [5, 5.41) is 3.95. The minimum Gasteiger partial charge on any atom is -0.494 e. The van der Waals surface area contributed by atoms with E-state index in [9.17, 15) is 4.79 Å². The lowest BCUT2D eigenvalue weighted by Gasteiger charge is -2.15. The highest BCUT2D eigenvalue weighted by atomic mass is 16.5. The lowest BCUT2D eigenvalue weighted by Crippen LogP contribution is -2.15. The Labute approximate surface area is 200 Å². The van der Waals surface area contributed by atoms with Crippen LogP contribution in [0.15, 0.2) is 49.1 Å². The summed E-state index contributed by atoms with van der Waals surface area (Å²) in [6, 6.07) is 9.54. The zero-order valence-electron chi connectivity index (χ0n) is 19.3. The van der Waals surface area contributed by atoms with Crippen molar-refractivity contribution in [1.29, 1.82) is 0 Å². The van der Waals surface area contributed by atoms with Crippen molar-refractivity contribution in [3.8, 4) is 11.4 Å². The second-order valence-corrected chi connectivity index (χ2v) is 8.50. The number of nitrogens with one attached hydrogen (secondary N) is 1. The first-order valence-electron chi connectivity index (χ1n) is 11.1. The Bertz CT molecular complexity index is 1620. The summed E-state index contributed by atoms with van der Waals surface area (Å²) in [6.45, 7) is 0.927. The Balaban J connectivity index is 1.31. The number of ether oxygens (including phenoxy) is 2. The van der Waals surface area contributed by atoms with Crippen LogP contribution in [-0.2, 0) is 36.2 Å². The van der Waals surface area contributed by atoms with Gasteiger partial charge >= 0.3 is 0 Å². The SMILES string of the molecule is COc1cc(-n2c3c(c4ncnc(N)c42)COC3)ccc1NC(=O)Cc1cnc2c(ccn2C)c1. The summed E-state index contributed by atoms with van der Waals surface area (Å²) in [7, 11) is 3.51. The third-order valence-corrected chi connectivity index (χ3v) is 6.31. The van der Waals surface area contributed by atoms with Crippen molar-refractivity contribution in [2.24, 2.45) is 7.05 Å². The standard InChI is InChI=1S/C25H23N7O3/c1-31-6-5-15-7-14(10-27-25(15)31)8-21(33)30-18-4-3-16(9-20(18)34-2)32-19-12-35-11-17(19)22-23(32)24(26)29-13-28-22/h3-7,9-10,13H,8,11-12H2,1-2H3,(H,30,33)(H2,26,28,29). The number of amides is 1. The first-order chi connectivity index (χ1) is 17.0. The number of methoxy groups -OCH3 is 1. The van der Waals surface area contributed by atoms with Gasteiger partial charge in [0.2, 0.25) is 5.91 Å². The molecule has 6 rings (SSSR count). The smallest absolute Gasteiger partial charge is 0.228 e. The van der Waals surface area contributed by atoms with E-state index >= 15 is 0 Å². The minimum absolute atomic E-state index is 0.161. The monoisotopic (exact) mass is 469 g/mol. The predicted octanol–water partition coefficient (Wildman–Crippen LogP) is 3.11. The second-order valence-electron chi connectivity index (χ2n) is 8.50. The Morgan fingerprint density at radius 1 is 1.20 bits per heavy atom. The molecule has 0 radical (unpaired) electrons. The molecule has 176 valence electrons. The predicted molar refractivity (Wildman–Crippen MR) is 131 cm³/mol. The van der Waals surface area contributed by atoms with E-state index in [1.807, 2.05) is 52.7 Å². The summed E-state index contributed by atoms with van der Waals surface area (Å²) in [4.78, 5) is 25.9. The molecule has 1 amide bonds. The molecule has 5 heterocycles. The summed E-state index contributed by atoms with van der Waals surface area (Å²) < 4.78 is 15.2. The maximum Gasteiger partial charge on any atom is 0.228 e. The highest BCUT2D eigenvalue weighted by Crippen LogP contribution is 2.37. The first kappa shape index (κ1) is 21.1. The molecule has 0 unspecified atom stereocenters. The average Bonchev–Trinajstić information content (AvgIpc) is 3.55. The number of hydrogen-bond donors (Lipinski definition) is 2. The number of hydrogen-bond acceptors (Lipinski definition) is 7. The molecular weight excluding hydrogens is 446 g/mol. The van der Waals surface area contributed by atoms with Crippen LogP contribution in [0.2, 0.25) is 0 Å². The van der Waals surface area contributed by atoms with Crippen LogP contribution in [0.1, 0.15) is 16.8 Å². The summed E-state index contributed by atoms with van der Waals surface area (Å²) in [5.74, 6) is 0.758. The molecule has 0 saturated heterocycles. The molecule has 10 heteroatoms. The molecule has 35 heavy (non-hydrogen) atoms. The maximum absolute atomic E-state index is 12.8. The van der Waals surface area contributed by atoms with Crippen molar-refractivity contribution < 1.29 is 14.3 Å². The molecule has 0 saturated carbocycles. The van der Waals surface area contributed by atoms with Gasteiger partial charge in [-0.25, -0.2) is 15.0 Å². The number of aromatic nitrogens is 5. The van der Waals surface area contributed by atoms with Gasteiger partial charge in [0.15, 0.2) is 5.82 Å². The van der Waals surface area contributed by atoms with Crippen LogP contribution in [0, 0.1) is 0 Å². The van der Waals surface area contributed by atoms with E-state index < -0.39 is 0 Å². The molecular formula is C25H23N7O3. The van der Waals surface area contributed by atoms with Gasteiger partial charge in [-0.2, -0.15) is 0 Å². The molecule has 1 aliphatic heterocycles. The van der Waals surface area contributed by atoms with Crippen LogP contribution in [0.25, 0.3) is 27.8 Å². The fraction of sp³-hybridized carbons (Fsp3) is 0.200. The molecule has 10 nitrogen and oxygen atoms in total. The van der Waals surface area contributed by atoms with E-state index in [1.165, 1.54) is 6.33 Å². The lowest BCUT2D eigenvalue weighted by atomic mass is 10.1. The van der Waals surface area contributed by atoms with E-state index in [-0.39, 0.29) is 12.3 Å². The van der Waals surface area contributed by atoms with Gasteiger partial charge in [0, 0.05) is 42.1 Å². The largest absolute Gasteiger partial charge is 0.494 e. The number of pyridine rings is 1. The normalized spacial score (nSPS) is 12.9. The van der Waals surface area contributed by atoms with Crippen molar-refractivity contribution in [3.05, 3.63) is 65.9 Å². The topological polar surface area (TPSA) is 122 Å². The fourth-order valence-electron chi connectivity index (χ4n) is 4.68. The van der Waals surface area contributed by atoms with Crippen molar-refractivity contribution >= 4 is 39.5 Å². The molecule has 1 aromatic carbocycles. The zero-order valence-corrected chi connectivity index (χ0v) is 19.3. The van der Waals surface area contributed by atoms with Crippen LogP contribution >= 0.6 is 0 Å². The highest BCUT2D eigenvalue weighted by molar-refractivity contribution is 5.95.